The quantitative estimate of drug-likeness (QED) is 0.490. The number of hydrogen-bond donors (Lipinski definition) is 1. The van der Waals surface area contributed by atoms with Gasteiger partial charge in [0.05, 0.1) is 17.5 Å². The maximum absolute atomic E-state index is 13.5. The molecule has 0 aliphatic heterocycles. The lowest BCUT2D eigenvalue weighted by molar-refractivity contribution is 0.0138. The highest BCUT2D eigenvalue weighted by Gasteiger charge is 2.28. The van der Waals surface area contributed by atoms with Crippen LogP contribution in [0.3, 0.4) is 0 Å². The number of hydrogen-bond acceptors (Lipinski definition) is 5. The number of rotatable bonds is 6. The van der Waals surface area contributed by atoms with Crippen molar-refractivity contribution in [3.05, 3.63) is 53.5 Å². The minimum Gasteiger partial charge on any atom is -0.471 e. The van der Waals surface area contributed by atoms with E-state index in [-0.39, 0.29) is 18.0 Å². The van der Waals surface area contributed by atoms with Crippen molar-refractivity contribution >= 4 is 17.6 Å². The van der Waals surface area contributed by atoms with E-state index in [1.807, 2.05) is 13.0 Å². The molecule has 0 fully saturated rings. The van der Waals surface area contributed by atoms with Crippen LogP contribution in [0.4, 0.5) is 18.9 Å². The number of pyridine rings is 1. The fourth-order valence-electron chi connectivity index (χ4n) is 1.93. The third-order valence-electron chi connectivity index (χ3n) is 3.18. The van der Waals surface area contributed by atoms with E-state index in [2.05, 4.69) is 15.1 Å². The van der Waals surface area contributed by atoms with Crippen LogP contribution in [-0.2, 0) is 5.92 Å². The van der Waals surface area contributed by atoms with Gasteiger partial charge in [0.25, 0.3) is 5.92 Å². The van der Waals surface area contributed by atoms with Gasteiger partial charge < -0.3 is 10.6 Å². The first kappa shape index (κ1) is 18.4. The fraction of sp³-hybridized carbons (Fsp3) is 0.235. The lowest BCUT2D eigenvalue weighted by atomic mass is 10.1. The molecule has 0 aliphatic rings. The number of aryl methyl sites for hydroxylation is 1. The van der Waals surface area contributed by atoms with E-state index in [1.54, 1.807) is 12.1 Å². The normalized spacial score (nSPS) is 12.6. The topological polar surface area (TPSA) is 72.9 Å². The van der Waals surface area contributed by atoms with Gasteiger partial charge in [-0.05, 0) is 31.2 Å². The average molecular weight is 350 g/mol. The van der Waals surface area contributed by atoms with E-state index in [1.165, 1.54) is 12.3 Å². The van der Waals surface area contributed by atoms with Gasteiger partial charge >= 0.3 is 0 Å². The summed E-state index contributed by atoms with van der Waals surface area (Å²) in [6.07, 6.45) is 1.26. The van der Waals surface area contributed by atoms with E-state index in [0.29, 0.717) is 12.8 Å². The highest BCUT2D eigenvalue weighted by molar-refractivity contribution is 6.31. The Morgan fingerprint density at radius 3 is 2.72 bits per heavy atom. The summed E-state index contributed by atoms with van der Waals surface area (Å²) in [7, 11) is 0. The molecule has 0 aliphatic carbocycles. The predicted octanol–water partition coefficient (Wildman–Crippen LogP) is 3.74. The van der Waals surface area contributed by atoms with Crippen molar-refractivity contribution in [2.24, 2.45) is 15.9 Å². The largest absolute Gasteiger partial charge is 0.471 e. The Balaban J connectivity index is 2.09. The van der Waals surface area contributed by atoms with E-state index in [0.717, 1.165) is 17.8 Å². The van der Waals surface area contributed by atoms with Crippen LogP contribution in [0, 0.1) is 12.7 Å². The Kier molecular flexibility index (Phi) is 5.74. The van der Waals surface area contributed by atoms with Gasteiger partial charge in [0.2, 0.25) is 5.88 Å². The molecular formula is C17H17F3N4O. The van der Waals surface area contributed by atoms with Gasteiger partial charge in [-0.1, -0.05) is 6.07 Å². The van der Waals surface area contributed by atoms with Crippen molar-refractivity contribution in [3.63, 3.8) is 0 Å². The molecular weight excluding hydrogens is 333 g/mol. The number of halogens is 3. The SMILES string of the molecule is Cc1cccc(OCC(C=Nc2ccc(F)c(C(C)(F)F)c2)=NN)n1. The molecule has 0 saturated heterocycles. The van der Waals surface area contributed by atoms with Gasteiger partial charge in [-0.2, -0.15) is 5.10 Å². The van der Waals surface area contributed by atoms with E-state index in [9.17, 15) is 13.2 Å². The third-order valence-corrected chi connectivity index (χ3v) is 3.18. The highest BCUT2D eigenvalue weighted by Crippen LogP contribution is 2.31. The number of nitrogens with two attached hydrogens (primary N) is 1. The minimum absolute atomic E-state index is 0.00551. The van der Waals surface area contributed by atoms with Crippen molar-refractivity contribution in [1.82, 2.24) is 4.98 Å². The second-order valence-corrected chi connectivity index (χ2v) is 5.34. The van der Waals surface area contributed by atoms with Crippen molar-refractivity contribution in [1.29, 1.82) is 0 Å². The Hall–Kier alpha value is -2.90. The van der Waals surface area contributed by atoms with E-state index < -0.39 is 17.3 Å². The zero-order valence-electron chi connectivity index (χ0n) is 13.7. The summed E-state index contributed by atoms with van der Waals surface area (Å²) >= 11 is 0. The lowest BCUT2D eigenvalue weighted by Crippen LogP contribution is -2.15. The molecule has 1 aromatic heterocycles. The first-order valence-corrected chi connectivity index (χ1v) is 7.34. The standard InChI is InChI=1S/C17H17F3N4O/c1-11-4-3-5-16(23-11)25-10-13(24-21)9-22-12-6-7-15(18)14(8-12)17(2,19)20/h3-9H,10,21H2,1-2H3. The molecule has 25 heavy (non-hydrogen) atoms. The monoisotopic (exact) mass is 350 g/mol. The van der Waals surface area contributed by atoms with Crippen LogP contribution in [0.1, 0.15) is 18.2 Å². The van der Waals surface area contributed by atoms with E-state index in [4.69, 9.17) is 10.6 Å². The highest BCUT2D eigenvalue weighted by atomic mass is 19.3. The van der Waals surface area contributed by atoms with Crippen molar-refractivity contribution in [2.45, 2.75) is 19.8 Å². The zero-order valence-corrected chi connectivity index (χ0v) is 13.7. The van der Waals surface area contributed by atoms with Gasteiger partial charge in [-0.15, -0.1) is 0 Å². The maximum Gasteiger partial charge on any atom is 0.273 e. The third kappa shape index (κ3) is 5.30. The molecule has 8 heteroatoms. The number of aliphatic imine (C=N–C) groups is 1. The van der Waals surface area contributed by atoms with Crippen molar-refractivity contribution in [2.75, 3.05) is 6.61 Å². The average Bonchev–Trinajstić information content (AvgIpc) is 2.55. The maximum atomic E-state index is 13.5. The van der Waals surface area contributed by atoms with Crippen LogP contribution in [0.2, 0.25) is 0 Å². The molecule has 1 aromatic carbocycles. The smallest absolute Gasteiger partial charge is 0.273 e. The van der Waals surface area contributed by atoms with Crippen LogP contribution in [0.25, 0.3) is 0 Å². The molecule has 0 unspecified atom stereocenters. The molecule has 2 rings (SSSR count). The summed E-state index contributed by atoms with van der Waals surface area (Å²) in [6, 6.07) is 8.47. The molecule has 0 atom stereocenters. The summed E-state index contributed by atoms with van der Waals surface area (Å²) < 4.78 is 45.6. The molecule has 0 spiro atoms. The number of aromatic nitrogens is 1. The molecule has 2 aromatic rings. The van der Waals surface area contributed by atoms with Gasteiger partial charge in [0.1, 0.15) is 18.1 Å². The van der Waals surface area contributed by atoms with Gasteiger partial charge in [0, 0.05) is 18.7 Å². The van der Waals surface area contributed by atoms with Crippen LogP contribution < -0.4 is 10.6 Å². The molecule has 2 N–H and O–H groups in total. The number of ether oxygens (including phenoxy) is 1. The Labute approximate surface area is 143 Å². The van der Waals surface area contributed by atoms with Crippen LogP contribution in [0.5, 0.6) is 5.88 Å². The minimum atomic E-state index is -3.31. The summed E-state index contributed by atoms with van der Waals surface area (Å²) in [5, 5.41) is 3.52. The zero-order chi connectivity index (χ0) is 18.4. The number of benzene rings is 1. The second-order valence-electron chi connectivity index (χ2n) is 5.34. The first-order chi connectivity index (χ1) is 11.8. The van der Waals surface area contributed by atoms with Gasteiger partial charge in [-0.25, -0.2) is 18.2 Å². The fourth-order valence-corrected chi connectivity index (χ4v) is 1.93. The summed E-state index contributed by atoms with van der Waals surface area (Å²) in [4.78, 5) is 8.14. The van der Waals surface area contributed by atoms with Crippen LogP contribution in [0.15, 0.2) is 46.5 Å². The summed E-state index contributed by atoms with van der Waals surface area (Å²) in [6.45, 7) is 2.44. The molecule has 0 radical (unpaired) electrons. The molecule has 0 bridgehead atoms. The second kappa shape index (κ2) is 7.78. The Morgan fingerprint density at radius 1 is 1.32 bits per heavy atom. The summed E-state index contributed by atoms with van der Waals surface area (Å²) in [5.41, 5.74) is 0.468. The van der Waals surface area contributed by atoms with Gasteiger partial charge in [-0.3, -0.25) is 4.99 Å². The molecule has 132 valence electrons. The summed E-state index contributed by atoms with van der Waals surface area (Å²) in [5.74, 6) is 1.37. The molecule has 5 nitrogen and oxygen atoms in total. The number of nitrogens with zero attached hydrogens (tertiary/aromatic N) is 3. The van der Waals surface area contributed by atoms with E-state index >= 15 is 0 Å². The lowest BCUT2D eigenvalue weighted by Gasteiger charge is -2.11. The molecule has 1 heterocycles. The van der Waals surface area contributed by atoms with Crippen LogP contribution in [-0.4, -0.2) is 23.5 Å². The molecule has 0 amide bonds. The van der Waals surface area contributed by atoms with Crippen LogP contribution >= 0.6 is 0 Å². The first-order valence-electron chi connectivity index (χ1n) is 7.34. The van der Waals surface area contributed by atoms with Gasteiger partial charge in [0.15, 0.2) is 0 Å². The Bertz CT molecular complexity index is 801. The number of alkyl halides is 2. The molecule has 0 saturated carbocycles. The van der Waals surface area contributed by atoms with Crippen molar-refractivity contribution in [3.8, 4) is 5.88 Å². The van der Waals surface area contributed by atoms with Crippen molar-refractivity contribution < 1.29 is 17.9 Å². The predicted molar refractivity (Wildman–Crippen MR) is 90.2 cm³/mol. The number of hydrazone groups is 1. The Morgan fingerprint density at radius 2 is 2.08 bits per heavy atom.